The van der Waals surface area contributed by atoms with Crippen molar-refractivity contribution < 1.29 is 24.2 Å². The van der Waals surface area contributed by atoms with Gasteiger partial charge < -0.3 is 9.84 Å². The Hall–Kier alpha value is -1.36. The van der Waals surface area contributed by atoms with Crippen LogP contribution in [-0.4, -0.2) is 34.8 Å². The van der Waals surface area contributed by atoms with E-state index in [1.165, 1.54) is 5.57 Å². The number of carbonyl (C=O) groups excluding carboxylic acids is 2. The molecule has 0 radical (unpaired) electrons. The van der Waals surface area contributed by atoms with Gasteiger partial charge in [-0.25, -0.2) is 0 Å². The highest BCUT2D eigenvalue weighted by Gasteiger charge is 2.70. The Bertz CT molecular complexity index is 1100. The van der Waals surface area contributed by atoms with E-state index < -0.39 is 11.4 Å². The molecule has 0 aromatic rings. The highest BCUT2D eigenvalue weighted by atomic mass is 35.5. The van der Waals surface area contributed by atoms with Crippen LogP contribution in [0, 0.1) is 50.2 Å². The largest absolute Gasteiger partial charge is 0.481 e. The summed E-state index contributed by atoms with van der Waals surface area (Å²) in [6.45, 7) is 15.8. The van der Waals surface area contributed by atoms with Gasteiger partial charge in [0.15, 0.2) is 5.78 Å². The smallest absolute Gasteiger partial charge is 0.321 e. The van der Waals surface area contributed by atoms with E-state index in [0.29, 0.717) is 12.8 Å². The van der Waals surface area contributed by atoms with Gasteiger partial charge in [-0.3, -0.25) is 14.4 Å². The van der Waals surface area contributed by atoms with Crippen molar-refractivity contribution in [2.75, 3.05) is 5.88 Å². The average molecular weight is 547 g/mol. The van der Waals surface area contributed by atoms with Crippen LogP contribution in [0.15, 0.2) is 11.6 Å². The molecule has 5 nitrogen and oxygen atoms in total. The number of rotatable bonds is 3. The first-order valence-corrected chi connectivity index (χ1v) is 15.3. The van der Waals surface area contributed by atoms with Gasteiger partial charge in [0.1, 0.15) is 12.0 Å². The minimum Gasteiger partial charge on any atom is -0.481 e. The summed E-state index contributed by atoms with van der Waals surface area (Å²) in [5.74, 6) is -0.673. The molecule has 0 aromatic heterocycles. The molecule has 5 rings (SSSR count). The molecule has 6 heteroatoms. The van der Waals surface area contributed by atoms with Gasteiger partial charge >= 0.3 is 11.9 Å². The molecule has 0 bridgehead atoms. The molecule has 0 amide bonds. The van der Waals surface area contributed by atoms with Crippen LogP contribution < -0.4 is 0 Å². The molecule has 5 aliphatic rings. The SMILES string of the molecule is CC1(C)[C@@H](OC(=O)CCl)CC[C@]2(C)[C@H]3C(=O)C=C4[C@@H]5C[C@@](C)(C(=O)O)CC[C@]5(C)CC[C@@]4(C)[C@]3(C)CC[C@@H]12. The maximum atomic E-state index is 14.4. The van der Waals surface area contributed by atoms with E-state index in [-0.39, 0.29) is 68.6 Å². The quantitative estimate of drug-likeness (QED) is 0.299. The molecule has 5 aliphatic carbocycles. The van der Waals surface area contributed by atoms with Crippen LogP contribution in [-0.2, 0) is 19.1 Å². The number of carboxylic acids is 1. The first-order chi connectivity index (χ1) is 17.5. The third-order valence-corrected chi connectivity index (χ3v) is 13.6. The Morgan fingerprint density at radius 2 is 1.63 bits per heavy atom. The summed E-state index contributed by atoms with van der Waals surface area (Å²) >= 11 is 5.77. The van der Waals surface area contributed by atoms with Gasteiger partial charge in [-0.2, -0.15) is 0 Å². The number of alkyl halides is 1. The summed E-state index contributed by atoms with van der Waals surface area (Å²) in [7, 11) is 0. The normalized spacial score (nSPS) is 49.5. The summed E-state index contributed by atoms with van der Waals surface area (Å²) in [4.78, 5) is 38.8. The highest BCUT2D eigenvalue weighted by molar-refractivity contribution is 6.26. The van der Waals surface area contributed by atoms with E-state index in [4.69, 9.17) is 16.3 Å². The number of aliphatic carboxylic acids is 1. The number of hydrogen-bond donors (Lipinski definition) is 1. The molecule has 1 N–H and O–H groups in total. The topological polar surface area (TPSA) is 80.7 Å². The lowest BCUT2D eigenvalue weighted by Gasteiger charge is -2.70. The molecule has 4 fully saturated rings. The Kier molecular flexibility index (Phi) is 6.36. The first kappa shape index (κ1) is 28.2. The number of hydrogen-bond acceptors (Lipinski definition) is 4. The number of ketones is 1. The van der Waals surface area contributed by atoms with E-state index in [0.717, 1.165) is 44.9 Å². The number of ether oxygens (including phenoxy) is 1. The summed E-state index contributed by atoms with van der Waals surface area (Å²) < 4.78 is 5.84. The summed E-state index contributed by atoms with van der Waals surface area (Å²) in [5, 5.41) is 10.1. The molecule has 9 atom stereocenters. The van der Waals surface area contributed by atoms with E-state index in [2.05, 4.69) is 41.5 Å². The van der Waals surface area contributed by atoms with Crippen LogP contribution in [0.2, 0.25) is 0 Å². The van der Waals surface area contributed by atoms with Gasteiger partial charge in [0.05, 0.1) is 5.41 Å². The third-order valence-electron chi connectivity index (χ3n) is 13.4. The van der Waals surface area contributed by atoms with Crippen molar-refractivity contribution in [3.63, 3.8) is 0 Å². The number of carboxylic acid groups (broad SMARTS) is 1. The van der Waals surface area contributed by atoms with Gasteiger partial charge in [0.2, 0.25) is 0 Å². The van der Waals surface area contributed by atoms with Crippen molar-refractivity contribution in [2.24, 2.45) is 50.2 Å². The second-order valence-electron chi connectivity index (χ2n) is 15.5. The molecule has 38 heavy (non-hydrogen) atoms. The Morgan fingerprint density at radius 1 is 0.974 bits per heavy atom. The zero-order chi connectivity index (χ0) is 28.1. The maximum absolute atomic E-state index is 14.4. The van der Waals surface area contributed by atoms with Gasteiger partial charge in [-0.15, -0.1) is 11.6 Å². The Morgan fingerprint density at radius 3 is 2.26 bits per heavy atom. The first-order valence-electron chi connectivity index (χ1n) is 14.7. The molecule has 0 spiro atoms. The molecular formula is C32H47ClO5. The lowest BCUT2D eigenvalue weighted by atomic mass is 9.33. The number of halogens is 1. The Balaban J connectivity index is 1.56. The van der Waals surface area contributed by atoms with Crippen molar-refractivity contribution in [3.8, 4) is 0 Å². The molecule has 0 aromatic carbocycles. The van der Waals surface area contributed by atoms with Crippen LogP contribution in [0.3, 0.4) is 0 Å². The fourth-order valence-corrected chi connectivity index (χ4v) is 10.8. The van der Waals surface area contributed by atoms with Crippen molar-refractivity contribution in [1.29, 1.82) is 0 Å². The zero-order valence-electron chi connectivity index (χ0n) is 24.4. The summed E-state index contributed by atoms with van der Waals surface area (Å²) in [6, 6.07) is 0. The van der Waals surface area contributed by atoms with Crippen molar-refractivity contribution in [2.45, 2.75) is 112 Å². The predicted molar refractivity (Wildman–Crippen MR) is 148 cm³/mol. The highest BCUT2D eigenvalue weighted by Crippen LogP contribution is 2.75. The second-order valence-corrected chi connectivity index (χ2v) is 15.8. The monoisotopic (exact) mass is 546 g/mol. The lowest BCUT2D eigenvalue weighted by molar-refractivity contribution is -0.210. The molecule has 0 heterocycles. The number of allylic oxidation sites excluding steroid dienone is 2. The molecule has 0 aliphatic heterocycles. The zero-order valence-corrected chi connectivity index (χ0v) is 25.2. The maximum Gasteiger partial charge on any atom is 0.321 e. The van der Waals surface area contributed by atoms with E-state index in [1.807, 2.05) is 13.0 Å². The third kappa shape index (κ3) is 3.58. The van der Waals surface area contributed by atoms with Gasteiger partial charge in [-0.1, -0.05) is 47.1 Å². The Labute approximate surface area is 233 Å². The standard InChI is InChI=1S/C32H47ClO5/c1-27(2)22-8-11-32(7)25(30(22,5)10-9-23(27)38-24(35)18-33)21(34)16-19-20-17-29(4,26(36)37)13-12-28(20,3)14-15-31(19,32)6/h16,20,22-23,25H,8-15,17-18H2,1-7H3,(H,36,37)/t20-,22-,23-,25+,28+,29-,30-,31+,32+/m0/s1. The molecule has 4 saturated carbocycles. The van der Waals surface area contributed by atoms with Gasteiger partial charge in [0.25, 0.3) is 0 Å². The number of fused-ring (bicyclic) bond motifs is 7. The van der Waals surface area contributed by atoms with E-state index in [1.54, 1.807) is 0 Å². The van der Waals surface area contributed by atoms with Crippen LogP contribution in [0.1, 0.15) is 106 Å². The second kappa shape index (κ2) is 8.57. The summed E-state index contributed by atoms with van der Waals surface area (Å²) in [6.07, 6.45) is 9.72. The van der Waals surface area contributed by atoms with Crippen molar-refractivity contribution in [3.05, 3.63) is 11.6 Å². The summed E-state index contributed by atoms with van der Waals surface area (Å²) in [5.41, 5.74) is -0.202. The van der Waals surface area contributed by atoms with Crippen LogP contribution >= 0.6 is 11.6 Å². The predicted octanol–water partition coefficient (Wildman–Crippen LogP) is 7.20. The molecule has 0 saturated heterocycles. The van der Waals surface area contributed by atoms with E-state index >= 15 is 0 Å². The molecule has 212 valence electrons. The van der Waals surface area contributed by atoms with Crippen molar-refractivity contribution in [1.82, 2.24) is 0 Å². The molecule has 0 unspecified atom stereocenters. The average Bonchev–Trinajstić information content (AvgIpc) is 2.83. The van der Waals surface area contributed by atoms with E-state index in [9.17, 15) is 19.5 Å². The number of carbonyl (C=O) groups is 3. The minimum absolute atomic E-state index is 0.0528. The van der Waals surface area contributed by atoms with Crippen LogP contribution in [0.5, 0.6) is 0 Å². The van der Waals surface area contributed by atoms with Crippen LogP contribution in [0.25, 0.3) is 0 Å². The molecular weight excluding hydrogens is 500 g/mol. The minimum atomic E-state index is -0.740. The fraction of sp³-hybridized carbons (Fsp3) is 0.844. The fourth-order valence-electron chi connectivity index (χ4n) is 10.8. The van der Waals surface area contributed by atoms with Gasteiger partial charge in [0, 0.05) is 11.3 Å². The lowest BCUT2D eigenvalue weighted by Crippen LogP contribution is -2.66. The number of esters is 1. The van der Waals surface area contributed by atoms with Crippen LogP contribution in [0.4, 0.5) is 0 Å². The van der Waals surface area contributed by atoms with Crippen molar-refractivity contribution >= 4 is 29.3 Å². The van der Waals surface area contributed by atoms with Gasteiger partial charge in [-0.05, 0) is 104 Å².